The predicted molar refractivity (Wildman–Crippen MR) is 137 cm³/mol. The van der Waals surface area contributed by atoms with Gasteiger partial charge in [0.1, 0.15) is 23.3 Å². The Balaban J connectivity index is 0.000000663. The topological polar surface area (TPSA) is 142 Å². The molecule has 0 radical (unpaired) electrons. The minimum atomic E-state index is -0.997. The van der Waals surface area contributed by atoms with Crippen LogP contribution >= 0.6 is 0 Å². The second-order valence-electron chi connectivity index (χ2n) is 11.5. The Morgan fingerprint density at radius 2 is 1.28 bits per heavy atom. The van der Waals surface area contributed by atoms with Crippen molar-refractivity contribution < 1.29 is 38.9 Å². The zero-order chi connectivity index (χ0) is 27.0. The lowest BCUT2D eigenvalue weighted by atomic mass is 9.80. The Morgan fingerprint density at radius 3 is 1.61 bits per heavy atom. The Hall–Kier alpha value is -2.52. The number of nitrogens with one attached hydrogen (secondary N) is 1. The number of carboxylic acid groups (broad SMARTS) is 2. The van der Waals surface area contributed by atoms with Gasteiger partial charge in [-0.05, 0) is 66.2 Å². The van der Waals surface area contributed by atoms with Crippen LogP contribution in [0.15, 0.2) is 0 Å². The number of amides is 2. The van der Waals surface area contributed by atoms with E-state index in [2.05, 4.69) is 5.32 Å². The number of aliphatic carboxylic acids is 2. The van der Waals surface area contributed by atoms with Crippen LogP contribution in [0.3, 0.4) is 0 Å². The summed E-state index contributed by atoms with van der Waals surface area (Å²) in [6.45, 7) is 10.5. The minimum Gasteiger partial charge on any atom is -0.480 e. The fraction of sp³-hybridized carbons (Fsp3) is 0.846. The molecule has 0 bridgehead atoms. The number of carbonyl (C=O) groups is 4. The third kappa shape index (κ3) is 13.0. The van der Waals surface area contributed by atoms with Crippen molar-refractivity contribution in [1.82, 2.24) is 10.2 Å². The first-order chi connectivity index (χ1) is 16.0. The molecule has 2 fully saturated rings. The van der Waals surface area contributed by atoms with Crippen LogP contribution in [0.2, 0.25) is 0 Å². The van der Waals surface area contributed by atoms with Gasteiger partial charge >= 0.3 is 24.1 Å². The van der Waals surface area contributed by atoms with Crippen LogP contribution in [0.5, 0.6) is 0 Å². The molecule has 3 N–H and O–H groups in total. The molecule has 210 valence electrons. The summed E-state index contributed by atoms with van der Waals surface area (Å²) in [6, 6.07) is -1.62. The maximum atomic E-state index is 11.8. The van der Waals surface area contributed by atoms with Crippen molar-refractivity contribution in [1.29, 1.82) is 0 Å². The van der Waals surface area contributed by atoms with Crippen LogP contribution < -0.4 is 5.32 Å². The second kappa shape index (κ2) is 14.3. The molecule has 0 saturated heterocycles. The third-order valence-corrected chi connectivity index (χ3v) is 6.00. The SMILES string of the molecule is C.CC(C)(C)OC(=O)N[C@@H](CC1CCC1)C(=O)O.CN(C(=O)OC(C)(C)C)[C@@H](CC1CCC1)C(=O)O. The maximum absolute atomic E-state index is 11.8. The molecule has 0 aromatic carbocycles. The summed E-state index contributed by atoms with van der Waals surface area (Å²) in [4.78, 5) is 46.7. The lowest BCUT2D eigenvalue weighted by Gasteiger charge is -2.33. The Labute approximate surface area is 216 Å². The van der Waals surface area contributed by atoms with E-state index in [0.29, 0.717) is 24.7 Å². The van der Waals surface area contributed by atoms with Crippen molar-refractivity contribution in [3.05, 3.63) is 0 Å². The number of alkyl carbamates (subject to hydrolysis) is 1. The third-order valence-electron chi connectivity index (χ3n) is 6.00. The quantitative estimate of drug-likeness (QED) is 0.395. The Kier molecular flexibility index (Phi) is 13.3. The standard InChI is InChI=1S/C13H23NO4.C12H21NO4.CH4/c1-13(2,3)18-12(17)14(4)10(11(15)16)8-9-6-5-7-9;1-12(2,3)17-11(16)13-9(10(14)15)7-8-5-4-6-8;/h9-10H,5-8H2,1-4H3,(H,15,16);8-9H,4-7H2,1-3H3,(H,13,16)(H,14,15);1H4/t10-;9-;/m00./s1. The van der Waals surface area contributed by atoms with E-state index >= 15 is 0 Å². The molecule has 0 aromatic rings. The summed E-state index contributed by atoms with van der Waals surface area (Å²) in [6.07, 6.45) is 6.33. The summed E-state index contributed by atoms with van der Waals surface area (Å²) in [5.74, 6) is -1.11. The van der Waals surface area contributed by atoms with Gasteiger partial charge in [0.25, 0.3) is 0 Å². The Morgan fingerprint density at radius 1 is 0.833 bits per heavy atom. The van der Waals surface area contributed by atoms with Crippen LogP contribution in [0.1, 0.15) is 100 Å². The molecule has 0 spiro atoms. The molecule has 0 aromatic heterocycles. The molecule has 2 amide bonds. The van der Waals surface area contributed by atoms with Gasteiger partial charge in [0.2, 0.25) is 0 Å². The van der Waals surface area contributed by atoms with Crippen LogP contribution in [-0.4, -0.2) is 69.6 Å². The summed E-state index contributed by atoms with van der Waals surface area (Å²) < 4.78 is 10.2. The molecule has 0 aliphatic heterocycles. The molecule has 2 saturated carbocycles. The van der Waals surface area contributed by atoms with Gasteiger partial charge in [0.05, 0.1) is 0 Å². The molecular formula is C26H48N2O8. The first kappa shape index (κ1) is 33.5. The molecular weight excluding hydrogens is 468 g/mol. The maximum Gasteiger partial charge on any atom is 0.410 e. The number of ether oxygens (including phenoxy) is 2. The molecule has 2 aliphatic rings. The number of hydrogen-bond acceptors (Lipinski definition) is 6. The fourth-order valence-electron chi connectivity index (χ4n) is 3.66. The van der Waals surface area contributed by atoms with Crippen molar-refractivity contribution in [3.8, 4) is 0 Å². The summed E-state index contributed by atoms with van der Waals surface area (Å²) in [5, 5.41) is 20.6. The van der Waals surface area contributed by atoms with Gasteiger partial charge in [0.15, 0.2) is 0 Å². The molecule has 0 heterocycles. The van der Waals surface area contributed by atoms with Gasteiger partial charge in [-0.15, -0.1) is 0 Å². The van der Waals surface area contributed by atoms with Crippen LogP contribution in [-0.2, 0) is 19.1 Å². The second-order valence-corrected chi connectivity index (χ2v) is 11.5. The van der Waals surface area contributed by atoms with Gasteiger partial charge in [-0.3, -0.25) is 4.90 Å². The molecule has 10 nitrogen and oxygen atoms in total. The highest BCUT2D eigenvalue weighted by Gasteiger charge is 2.33. The number of rotatable bonds is 8. The van der Waals surface area contributed by atoms with Crippen LogP contribution in [0.4, 0.5) is 9.59 Å². The van der Waals surface area contributed by atoms with E-state index in [1.165, 1.54) is 11.9 Å². The van der Waals surface area contributed by atoms with Crippen molar-refractivity contribution in [2.24, 2.45) is 11.8 Å². The summed E-state index contributed by atoms with van der Waals surface area (Å²) in [5.41, 5.74) is -1.21. The van der Waals surface area contributed by atoms with E-state index in [-0.39, 0.29) is 7.43 Å². The largest absolute Gasteiger partial charge is 0.480 e. The number of carboxylic acids is 2. The monoisotopic (exact) mass is 516 g/mol. The van der Waals surface area contributed by atoms with Gasteiger partial charge in [-0.25, -0.2) is 19.2 Å². The van der Waals surface area contributed by atoms with E-state index in [9.17, 15) is 24.3 Å². The zero-order valence-electron chi connectivity index (χ0n) is 22.3. The lowest BCUT2D eigenvalue weighted by molar-refractivity contribution is -0.143. The highest BCUT2D eigenvalue weighted by atomic mass is 16.6. The number of nitrogens with zero attached hydrogens (tertiary/aromatic N) is 1. The number of hydrogen-bond donors (Lipinski definition) is 3. The minimum absolute atomic E-state index is 0. The molecule has 36 heavy (non-hydrogen) atoms. The Bertz CT molecular complexity index is 733. The first-order valence-corrected chi connectivity index (χ1v) is 12.4. The van der Waals surface area contributed by atoms with E-state index in [0.717, 1.165) is 38.5 Å². The zero-order valence-corrected chi connectivity index (χ0v) is 22.3. The molecule has 0 unspecified atom stereocenters. The average Bonchev–Trinajstić information content (AvgIpc) is 2.59. The van der Waals surface area contributed by atoms with E-state index in [4.69, 9.17) is 14.6 Å². The fourth-order valence-corrected chi connectivity index (χ4v) is 3.66. The van der Waals surface area contributed by atoms with E-state index < -0.39 is 47.4 Å². The van der Waals surface area contributed by atoms with Crippen molar-refractivity contribution in [2.45, 2.75) is 124 Å². The van der Waals surface area contributed by atoms with Gasteiger partial charge in [-0.1, -0.05) is 46.0 Å². The molecule has 2 aliphatic carbocycles. The first-order valence-electron chi connectivity index (χ1n) is 12.4. The normalized spacial score (nSPS) is 17.4. The highest BCUT2D eigenvalue weighted by Crippen LogP contribution is 2.32. The average molecular weight is 517 g/mol. The predicted octanol–water partition coefficient (Wildman–Crippen LogP) is 5.29. The van der Waals surface area contributed by atoms with Gasteiger partial charge in [0, 0.05) is 7.05 Å². The van der Waals surface area contributed by atoms with E-state index in [1.807, 2.05) is 0 Å². The van der Waals surface area contributed by atoms with Gasteiger partial charge < -0.3 is 25.0 Å². The van der Waals surface area contributed by atoms with Crippen LogP contribution in [0, 0.1) is 11.8 Å². The smallest absolute Gasteiger partial charge is 0.410 e. The number of likely N-dealkylation sites (N-methyl/N-ethyl adjacent to an activating group) is 1. The highest BCUT2D eigenvalue weighted by molar-refractivity contribution is 5.80. The summed E-state index contributed by atoms with van der Waals surface area (Å²) >= 11 is 0. The molecule has 2 rings (SSSR count). The number of carbonyl (C=O) groups excluding carboxylic acids is 2. The van der Waals surface area contributed by atoms with Crippen molar-refractivity contribution in [2.75, 3.05) is 7.05 Å². The molecule has 10 heteroatoms. The molecule has 2 atom stereocenters. The lowest BCUT2D eigenvalue weighted by Crippen LogP contribution is -2.46. The van der Waals surface area contributed by atoms with Crippen molar-refractivity contribution in [3.63, 3.8) is 0 Å². The van der Waals surface area contributed by atoms with Crippen LogP contribution in [0.25, 0.3) is 0 Å². The van der Waals surface area contributed by atoms with Gasteiger partial charge in [-0.2, -0.15) is 0 Å². The van der Waals surface area contributed by atoms with E-state index in [1.54, 1.807) is 41.5 Å². The summed E-state index contributed by atoms with van der Waals surface area (Å²) in [7, 11) is 1.49. The van der Waals surface area contributed by atoms with Crippen molar-refractivity contribution >= 4 is 24.1 Å².